The number of nitrogens with zero attached hydrogens (tertiary/aromatic N) is 2. The number of hydrogen-bond acceptors (Lipinski definition) is 5. The average molecular weight is 312 g/mol. The van der Waals surface area contributed by atoms with Crippen molar-refractivity contribution in [1.29, 1.82) is 0 Å². The van der Waals surface area contributed by atoms with Gasteiger partial charge in [0.2, 0.25) is 0 Å². The summed E-state index contributed by atoms with van der Waals surface area (Å²) in [6, 6.07) is 2.07. The number of hydrazone groups is 1. The molecule has 20 heavy (non-hydrogen) atoms. The molecular weight excluding hydrogens is 292 g/mol. The molecule has 1 saturated heterocycles. The minimum absolute atomic E-state index is 0.559. The number of morpholine rings is 1. The van der Waals surface area contributed by atoms with Crippen LogP contribution >= 0.6 is 23.6 Å². The van der Waals surface area contributed by atoms with Crippen LogP contribution in [0.1, 0.15) is 10.4 Å². The van der Waals surface area contributed by atoms with Crippen molar-refractivity contribution >= 4 is 34.9 Å². The lowest BCUT2D eigenvalue weighted by molar-refractivity contribution is 0.0389. The smallest absolute Gasteiger partial charge is 0.187 e. The molecule has 7 heteroatoms. The van der Waals surface area contributed by atoms with Gasteiger partial charge in [0.15, 0.2) is 5.11 Å². The molecule has 1 aliphatic rings. The number of rotatable bonds is 5. The zero-order valence-corrected chi connectivity index (χ0v) is 13.2. The van der Waals surface area contributed by atoms with Crippen molar-refractivity contribution in [2.24, 2.45) is 5.10 Å². The van der Waals surface area contributed by atoms with Gasteiger partial charge >= 0.3 is 0 Å². The topological polar surface area (TPSA) is 48.9 Å². The quantitative estimate of drug-likeness (QED) is 0.486. The Labute approximate surface area is 129 Å². The standard InChI is InChI=1S/C13H20N4OS2/c1-11-2-9-20-12(11)10-15-16-13(19)14-3-4-17-5-7-18-8-6-17/h2,9-10H,3-8H2,1H3,(H2,14,16,19)/b15-10-. The maximum atomic E-state index is 5.31. The molecule has 0 saturated carbocycles. The molecule has 2 rings (SSSR count). The third kappa shape index (κ3) is 5.16. The van der Waals surface area contributed by atoms with Crippen molar-refractivity contribution in [2.45, 2.75) is 6.92 Å². The first-order valence-electron chi connectivity index (χ1n) is 6.67. The van der Waals surface area contributed by atoms with Crippen LogP contribution in [0.4, 0.5) is 0 Å². The molecule has 0 spiro atoms. The molecule has 0 aromatic carbocycles. The van der Waals surface area contributed by atoms with Crippen molar-refractivity contribution in [3.63, 3.8) is 0 Å². The molecule has 1 aliphatic heterocycles. The number of thiophene rings is 1. The Morgan fingerprint density at radius 2 is 2.35 bits per heavy atom. The molecule has 5 nitrogen and oxygen atoms in total. The highest BCUT2D eigenvalue weighted by molar-refractivity contribution is 7.80. The Morgan fingerprint density at radius 1 is 1.55 bits per heavy atom. The maximum Gasteiger partial charge on any atom is 0.187 e. The van der Waals surface area contributed by atoms with Crippen LogP contribution in [0.25, 0.3) is 0 Å². The van der Waals surface area contributed by atoms with Gasteiger partial charge in [-0.2, -0.15) is 5.10 Å². The Balaban J connectivity index is 1.60. The lowest BCUT2D eigenvalue weighted by Crippen LogP contribution is -2.42. The van der Waals surface area contributed by atoms with Gasteiger partial charge in [-0.25, -0.2) is 0 Å². The van der Waals surface area contributed by atoms with Crippen LogP contribution < -0.4 is 10.7 Å². The summed E-state index contributed by atoms with van der Waals surface area (Å²) in [5, 5.41) is 9.90. The van der Waals surface area contributed by atoms with Crippen LogP contribution in [0, 0.1) is 6.92 Å². The highest BCUT2D eigenvalue weighted by Crippen LogP contribution is 2.12. The molecule has 0 aliphatic carbocycles. The second-order valence-electron chi connectivity index (χ2n) is 4.55. The van der Waals surface area contributed by atoms with E-state index in [1.165, 1.54) is 5.56 Å². The fourth-order valence-electron chi connectivity index (χ4n) is 1.86. The van der Waals surface area contributed by atoms with E-state index in [0.29, 0.717) is 5.11 Å². The summed E-state index contributed by atoms with van der Waals surface area (Å²) in [6.07, 6.45) is 1.80. The highest BCUT2D eigenvalue weighted by Gasteiger charge is 2.09. The molecule has 1 aromatic rings. The predicted molar refractivity (Wildman–Crippen MR) is 87.6 cm³/mol. The second kappa shape index (κ2) is 8.31. The van der Waals surface area contributed by atoms with E-state index in [1.54, 1.807) is 17.6 Å². The van der Waals surface area contributed by atoms with E-state index in [1.807, 2.05) is 0 Å². The first-order chi connectivity index (χ1) is 9.75. The molecule has 0 bridgehead atoms. The van der Waals surface area contributed by atoms with Crippen molar-refractivity contribution in [3.8, 4) is 0 Å². The molecule has 0 unspecified atom stereocenters. The lowest BCUT2D eigenvalue weighted by atomic mass is 10.3. The molecule has 0 amide bonds. The van der Waals surface area contributed by atoms with E-state index in [0.717, 1.165) is 44.3 Å². The van der Waals surface area contributed by atoms with Crippen LogP contribution in [0.3, 0.4) is 0 Å². The summed E-state index contributed by atoms with van der Waals surface area (Å²) in [5.74, 6) is 0. The molecule has 110 valence electrons. The van der Waals surface area contributed by atoms with E-state index in [4.69, 9.17) is 17.0 Å². The van der Waals surface area contributed by atoms with Gasteiger partial charge in [-0.1, -0.05) is 0 Å². The molecule has 1 fully saturated rings. The zero-order chi connectivity index (χ0) is 14.2. The average Bonchev–Trinajstić information content (AvgIpc) is 2.86. The van der Waals surface area contributed by atoms with E-state index in [2.05, 4.69) is 39.1 Å². The van der Waals surface area contributed by atoms with Gasteiger partial charge in [-0.3, -0.25) is 10.3 Å². The van der Waals surface area contributed by atoms with Crippen LogP contribution in [0.5, 0.6) is 0 Å². The number of aryl methyl sites for hydroxylation is 1. The zero-order valence-electron chi connectivity index (χ0n) is 11.6. The Morgan fingerprint density at radius 3 is 3.05 bits per heavy atom. The monoisotopic (exact) mass is 312 g/mol. The van der Waals surface area contributed by atoms with Crippen molar-refractivity contribution in [3.05, 3.63) is 21.9 Å². The Bertz CT molecular complexity index is 455. The van der Waals surface area contributed by atoms with Crippen molar-refractivity contribution < 1.29 is 4.74 Å². The van der Waals surface area contributed by atoms with E-state index in [9.17, 15) is 0 Å². The van der Waals surface area contributed by atoms with Gasteiger partial charge in [0.25, 0.3) is 0 Å². The van der Waals surface area contributed by atoms with Gasteiger partial charge in [0, 0.05) is 31.1 Å². The highest BCUT2D eigenvalue weighted by atomic mass is 32.1. The molecule has 2 heterocycles. The summed E-state index contributed by atoms with van der Waals surface area (Å²) in [4.78, 5) is 3.51. The fourth-order valence-corrected chi connectivity index (χ4v) is 2.80. The molecule has 0 atom stereocenters. The number of thiocarbonyl (C=S) groups is 1. The first-order valence-corrected chi connectivity index (χ1v) is 7.95. The van der Waals surface area contributed by atoms with Crippen LogP contribution in [-0.4, -0.2) is 55.6 Å². The van der Waals surface area contributed by atoms with Crippen molar-refractivity contribution in [1.82, 2.24) is 15.6 Å². The van der Waals surface area contributed by atoms with Gasteiger partial charge in [0.05, 0.1) is 19.4 Å². The third-order valence-corrected chi connectivity index (χ3v) is 4.26. The van der Waals surface area contributed by atoms with E-state index < -0.39 is 0 Å². The van der Waals surface area contributed by atoms with Gasteiger partial charge in [-0.05, 0) is 36.2 Å². The summed E-state index contributed by atoms with van der Waals surface area (Å²) >= 11 is 6.84. The molecule has 1 aromatic heterocycles. The minimum atomic E-state index is 0.559. The van der Waals surface area contributed by atoms with Crippen LogP contribution in [0.2, 0.25) is 0 Å². The second-order valence-corrected chi connectivity index (χ2v) is 5.90. The number of hydrogen-bond donors (Lipinski definition) is 2. The Kier molecular flexibility index (Phi) is 6.38. The Hall–Kier alpha value is -1.02. The van der Waals surface area contributed by atoms with Crippen molar-refractivity contribution in [2.75, 3.05) is 39.4 Å². The molecule has 2 N–H and O–H groups in total. The van der Waals surface area contributed by atoms with Gasteiger partial charge < -0.3 is 10.1 Å². The van der Waals surface area contributed by atoms with E-state index in [-0.39, 0.29) is 0 Å². The largest absolute Gasteiger partial charge is 0.379 e. The van der Waals surface area contributed by atoms with E-state index >= 15 is 0 Å². The normalized spacial score (nSPS) is 16.4. The first kappa shape index (κ1) is 15.4. The van der Waals surface area contributed by atoms with Gasteiger partial charge in [-0.15, -0.1) is 11.3 Å². The lowest BCUT2D eigenvalue weighted by Gasteiger charge is -2.26. The fraction of sp³-hybridized carbons (Fsp3) is 0.538. The maximum absolute atomic E-state index is 5.31. The summed E-state index contributed by atoms with van der Waals surface area (Å²) in [6.45, 7) is 7.50. The van der Waals surface area contributed by atoms with Gasteiger partial charge in [0.1, 0.15) is 0 Å². The van der Waals surface area contributed by atoms with Crippen LogP contribution in [0.15, 0.2) is 16.5 Å². The van der Waals surface area contributed by atoms with Crippen LogP contribution in [-0.2, 0) is 4.74 Å². The third-order valence-electron chi connectivity index (χ3n) is 3.07. The molecule has 0 radical (unpaired) electrons. The summed E-state index contributed by atoms with van der Waals surface area (Å²) in [7, 11) is 0. The number of nitrogens with one attached hydrogen (secondary N) is 2. The SMILES string of the molecule is Cc1ccsc1/C=N\NC(=S)NCCN1CCOCC1. The summed E-state index contributed by atoms with van der Waals surface area (Å²) in [5.41, 5.74) is 4.07. The molecular formula is C13H20N4OS2. The summed E-state index contributed by atoms with van der Waals surface area (Å²) < 4.78 is 5.31. The number of ether oxygens (including phenoxy) is 1. The predicted octanol–water partition coefficient (Wildman–Crippen LogP) is 1.19. The minimum Gasteiger partial charge on any atom is -0.379 e.